The van der Waals surface area contributed by atoms with E-state index >= 15 is 0 Å². The quantitative estimate of drug-likeness (QED) is 0.927. The molecule has 1 aromatic heterocycles. The number of urea groups is 1. The van der Waals surface area contributed by atoms with Gasteiger partial charge in [0.25, 0.3) is 0 Å². The molecule has 25 heavy (non-hydrogen) atoms. The minimum absolute atomic E-state index is 0.0652. The van der Waals surface area contributed by atoms with Crippen LogP contribution in [0.5, 0.6) is 0 Å². The van der Waals surface area contributed by atoms with Gasteiger partial charge in [0.05, 0.1) is 23.5 Å². The number of piperazine rings is 1. The van der Waals surface area contributed by atoms with Gasteiger partial charge in [-0.3, -0.25) is 4.68 Å². The van der Waals surface area contributed by atoms with Crippen molar-refractivity contribution in [1.29, 1.82) is 5.26 Å². The highest BCUT2D eigenvalue weighted by atomic mass is 16.2. The van der Waals surface area contributed by atoms with Crippen LogP contribution in [-0.2, 0) is 7.05 Å². The van der Waals surface area contributed by atoms with Crippen molar-refractivity contribution >= 4 is 11.7 Å². The number of nitriles is 1. The van der Waals surface area contributed by atoms with Crippen molar-refractivity contribution in [1.82, 2.24) is 20.0 Å². The lowest BCUT2D eigenvalue weighted by atomic mass is 10.1. The van der Waals surface area contributed by atoms with Gasteiger partial charge in [0, 0.05) is 45.0 Å². The van der Waals surface area contributed by atoms with E-state index in [0.29, 0.717) is 31.7 Å². The van der Waals surface area contributed by atoms with Gasteiger partial charge in [0.15, 0.2) is 0 Å². The third-order valence-electron chi connectivity index (χ3n) is 4.50. The van der Waals surface area contributed by atoms with Gasteiger partial charge < -0.3 is 15.1 Å². The maximum Gasteiger partial charge on any atom is 0.317 e. The lowest BCUT2D eigenvalue weighted by molar-refractivity contribution is 0.191. The summed E-state index contributed by atoms with van der Waals surface area (Å²) in [5.41, 5.74) is 2.59. The number of nitrogens with zero attached hydrogens (tertiary/aromatic N) is 5. The summed E-state index contributed by atoms with van der Waals surface area (Å²) in [7, 11) is 1.86. The van der Waals surface area contributed by atoms with Crippen molar-refractivity contribution in [2.45, 2.75) is 13.0 Å². The van der Waals surface area contributed by atoms with Crippen LogP contribution in [0.4, 0.5) is 10.5 Å². The third kappa shape index (κ3) is 3.74. The molecule has 1 aliphatic heterocycles. The van der Waals surface area contributed by atoms with Crippen molar-refractivity contribution < 1.29 is 4.79 Å². The Morgan fingerprint density at radius 1 is 1.28 bits per heavy atom. The van der Waals surface area contributed by atoms with E-state index in [0.717, 1.165) is 11.3 Å². The molecule has 7 nitrogen and oxygen atoms in total. The second-order valence-electron chi connectivity index (χ2n) is 6.22. The monoisotopic (exact) mass is 338 g/mol. The molecule has 1 atom stereocenters. The fourth-order valence-corrected chi connectivity index (χ4v) is 3.02. The zero-order chi connectivity index (χ0) is 17.8. The molecule has 3 rings (SSSR count). The van der Waals surface area contributed by atoms with Crippen LogP contribution in [0.3, 0.4) is 0 Å². The molecule has 0 spiro atoms. The molecule has 0 radical (unpaired) electrons. The largest absolute Gasteiger partial charge is 0.367 e. The summed E-state index contributed by atoms with van der Waals surface area (Å²) in [6.07, 6.45) is 3.67. The molecule has 2 amide bonds. The number of hydrogen-bond donors (Lipinski definition) is 1. The van der Waals surface area contributed by atoms with E-state index in [9.17, 15) is 10.1 Å². The number of amides is 2. The summed E-state index contributed by atoms with van der Waals surface area (Å²) in [5.74, 6) is 0. The summed E-state index contributed by atoms with van der Waals surface area (Å²) in [4.78, 5) is 16.4. The number of para-hydroxylation sites is 1. The SMILES string of the molecule is CC(NC(=O)N1CCN(c2ccccc2C#N)CC1)c1cnn(C)c1. The molecule has 2 heterocycles. The van der Waals surface area contributed by atoms with Gasteiger partial charge in [0.1, 0.15) is 6.07 Å². The molecule has 1 aromatic carbocycles. The average Bonchev–Trinajstić information content (AvgIpc) is 3.08. The number of benzene rings is 1. The van der Waals surface area contributed by atoms with Crippen LogP contribution < -0.4 is 10.2 Å². The number of rotatable bonds is 3. The highest BCUT2D eigenvalue weighted by molar-refractivity contribution is 5.75. The minimum Gasteiger partial charge on any atom is -0.367 e. The Labute approximate surface area is 147 Å². The van der Waals surface area contributed by atoms with Crippen LogP contribution >= 0.6 is 0 Å². The zero-order valence-electron chi connectivity index (χ0n) is 14.5. The summed E-state index contributed by atoms with van der Waals surface area (Å²) < 4.78 is 1.73. The Hall–Kier alpha value is -3.01. The van der Waals surface area contributed by atoms with Crippen molar-refractivity contribution in [3.63, 3.8) is 0 Å². The standard InChI is InChI=1S/C18H22N6O/c1-14(16-12-20-22(2)13-16)21-18(25)24-9-7-23(8-10-24)17-6-4-3-5-15(17)11-19/h3-6,12-14H,7-10H2,1-2H3,(H,21,25). The predicted octanol–water partition coefficient (Wildman–Crippen LogP) is 1.88. The fraction of sp³-hybridized carbons (Fsp3) is 0.389. The van der Waals surface area contributed by atoms with Crippen LogP contribution in [0.25, 0.3) is 0 Å². The number of anilines is 1. The van der Waals surface area contributed by atoms with Gasteiger partial charge in [-0.2, -0.15) is 10.4 Å². The van der Waals surface area contributed by atoms with Crippen LogP contribution in [-0.4, -0.2) is 46.9 Å². The molecule has 1 N–H and O–H groups in total. The normalized spacial score (nSPS) is 15.6. The first kappa shape index (κ1) is 16.8. The van der Waals surface area contributed by atoms with E-state index in [1.807, 2.05) is 49.3 Å². The molecular weight excluding hydrogens is 316 g/mol. The Bertz CT molecular complexity index is 785. The van der Waals surface area contributed by atoms with Crippen molar-refractivity contribution in [2.24, 2.45) is 7.05 Å². The van der Waals surface area contributed by atoms with Gasteiger partial charge in [-0.05, 0) is 19.1 Å². The molecule has 1 saturated heterocycles. The van der Waals surface area contributed by atoms with Crippen LogP contribution in [0.1, 0.15) is 24.1 Å². The lowest BCUT2D eigenvalue weighted by Gasteiger charge is -2.36. The van der Waals surface area contributed by atoms with E-state index in [1.54, 1.807) is 10.9 Å². The van der Waals surface area contributed by atoms with Gasteiger partial charge in [-0.25, -0.2) is 4.79 Å². The molecule has 1 aliphatic rings. The molecule has 0 aliphatic carbocycles. The molecule has 7 heteroatoms. The van der Waals surface area contributed by atoms with Crippen molar-refractivity contribution in [3.05, 3.63) is 47.8 Å². The topological polar surface area (TPSA) is 77.2 Å². The highest BCUT2D eigenvalue weighted by Gasteiger charge is 2.23. The average molecular weight is 338 g/mol. The molecule has 2 aromatic rings. The number of nitrogens with one attached hydrogen (secondary N) is 1. The van der Waals surface area contributed by atoms with Gasteiger partial charge in [-0.1, -0.05) is 12.1 Å². The second kappa shape index (κ2) is 7.26. The lowest BCUT2D eigenvalue weighted by Crippen LogP contribution is -2.52. The van der Waals surface area contributed by atoms with E-state index in [-0.39, 0.29) is 12.1 Å². The number of carbonyl (C=O) groups is 1. The Kier molecular flexibility index (Phi) is 4.89. The van der Waals surface area contributed by atoms with Crippen LogP contribution in [0, 0.1) is 11.3 Å². The zero-order valence-corrected chi connectivity index (χ0v) is 14.5. The van der Waals surface area contributed by atoms with Gasteiger partial charge >= 0.3 is 6.03 Å². The maximum absolute atomic E-state index is 12.5. The van der Waals surface area contributed by atoms with Gasteiger partial charge in [0.2, 0.25) is 0 Å². The van der Waals surface area contributed by atoms with Crippen LogP contribution in [0.15, 0.2) is 36.7 Å². The first-order valence-electron chi connectivity index (χ1n) is 8.36. The number of hydrogen-bond acceptors (Lipinski definition) is 4. The van der Waals surface area contributed by atoms with Crippen molar-refractivity contribution in [2.75, 3.05) is 31.1 Å². The van der Waals surface area contributed by atoms with Crippen LogP contribution in [0.2, 0.25) is 0 Å². The molecule has 1 fully saturated rings. The first-order chi connectivity index (χ1) is 12.1. The maximum atomic E-state index is 12.5. The van der Waals surface area contributed by atoms with E-state index in [2.05, 4.69) is 21.4 Å². The number of aromatic nitrogens is 2. The second-order valence-corrected chi connectivity index (χ2v) is 6.22. The molecular formula is C18H22N6O. The summed E-state index contributed by atoms with van der Waals surface area (Å²) >= 11 is 0. The summed E-state index contributed by atoms with van der Waals surface area (Å²) in [5, 5.41) is 16.4. The van der Waals surface area contributed by atoms with Gasteiger partial charge in [-0.15, -0.1) is 0 Å². The molecule has 130 valence electrons. The number of carbonyl (C=O) groups excluding carboxylic acids is 1. The molecule has 0 saturated carbocycles. The molecule has 0 bridgehead atoms. The van der Waals surface area contributed by atoms with E-state index < -0.39 is 0 Å². The van der Waals surface area contributed by atoms with E-state index in [1.165, 1.54) is 0 Å². The Morgan fingerprint density at radius 3 is 2.64 bits per heavy atom. The van der Waals surface area contributed by atoms with E-state index in [4.69, 9.17) is 0 Å². The summed E-state index contributed by atoms with van der Waals surface area (Å²) in [6.45, 7) is 4.64. The Morgan fingerprint density at radius 2 is 2.00 bits per heavy atom. The third-order valence-corrected chi connectivity index (χ3v) is 4.50. The smallest absolute Gasteiger partial charge is 0.317 e. The highest BCUT2D eigenvalue weighted by Crippen LogP contribution is 2.21. The Balaban J connectivity index is 1.57. The fourth-order valence-electron chi connectivity index (χ4n) is 3.02. The molecule has 1 unspecified atom stereocenters. The summed E-state index contributed by atoms with van der Waals surface area (Å²) in [6, 6.07) is 9.66. The first-order valence-corrected chi connectivity index (χ1v) is 8.36. The van der Waals surface area contributed by atoms with Crippen molar-refractivity contribution in [3.8, 4) is 6.07 Å². The minimum atomic E-state index is -0.0847. The predicted molar refractivity (Wildman–Crippen MR) is 95.1 cm³/mol. The number of aryl methyl sites for hydroxylation is 1.